The molecule has 0 saturated carbocycles. The first-order valence-corrected chi connectivity index (χ1v) is 9.47. The highest BCUT2D eigenvalue weighted by molar-refractivity contribution is 6.02. The smallest absolute Gasteiger partial charge is 0.291 e. The van der Waals surface area contributed by atoms with E-state index in [0.717, 1.165) is 11.1 Å². The van der Waals surface area contributed by atoms with Gasteiger partial charge >= 0.3 is 0 Å². The lowest BCUT2D eigenvalue weighted by atomic mass is 10.1. The number of furan rings is 1. The Labute approximate surface area is 175 Å². The Morgan fingerprint density at radius 3 is 2.33 bits per heavy atom. The van der Waals surface area contributed by atoms with Gasteiger partial charge in [-0.15, -0.1) is 0 Å². The van der Waals surface area contributed by atoms with Gasteiger partial charge in [-0.25, -0.2) is 0 Å². The normalized spacial score (nSPS) is 10.5. The Morgan fingerprint density at radius 1 is 1.00 bits per heavy atom. The van der Waals surface area contributed by atoms with Crippen molar-refractivity contribution in [1.82, 2.24) is 0 Å². The van der Waals surface area contributed by atoms with Crippen LogP contribution >= 0.6 is 0 Å². The fraction of sp³-hybridized carbons (Fsp3) is 0.261. The number of methoxy groups -OCH3 is 3. The number of benzene rings is 2. The summed E-state index contributed by atoms with van der Waals surface area (Å²) in [5.41, 5.74) is 2.29. The van der Waals surface area contributed by atoms with Gasteiger partial charge in [-0.1, -0.05) is 18.2 Å². The van der Waals surface area contributed by atoms with Crippen LogP contribution in [-0.2, 0) is 12.8 Å². The molecule has 7 nitrogen and oxygen atoms in total. The number of ether oxygens (including phenoxy) is 3. The summed E-state index contributed by atoms with van der Waals surface area (Å²) in [5, 5.41) is 12.0. The van der Waals surface area contributed by atoms with Crippen molar-refractivity contribution < 1.29 is 28.5 Å². The molecule has 0 fully saturated rings. The topological polar surface area (TPSA) is 90.2 Å². The number of aliphatic hydroxyl groups is 1. The summed E-state index contributed by atoms with van der Waals surface area (Å²) in [6.45, 7) is 0.00328. The molecule has 2 N–H and O–H groups in total. The van der Waals surface area contributed by atoms with E-state index >= 15 is 0 Å². The number of nitrogens with one attached hydrogen (secondary N) is 1. The number of para-hydroxylation sites is 1. The van der Waals surface area contributed by atoms with Crippen molar-refractivity contribution in [1.29, 1.82) is 0 Å². The molecule has 1 aromatic heterocycles. The van der Waals surface area contributed by atoms with Gasteiger partial charge in [-0.3, -0.25) is 4.79 Å². The van der Waals surface area contributed by atoms with E-state index < -0.39 is 0 Å². The van der Waals surface area contributed by atoms with Gasteiger partial charge in [0.15, 0.2) is 5.76 Å². The lowest BCUT2D eigenvalue weighted by Gasteiger charge is -2.14. The maximum atomic E-state index is 12.6. The molecule has 1 amide bonds. The van der Waals surface area contributed by atoms with E-state index in [1.807, 2.05) is 18.2 Å². The van der Waals surface area contributed by atoms with E-state index in [-0.39, 0.29) is 18.3 Å². The van der Waals surface area contributed by atoms with E-state index in [0.29, 0.717) is 41.5 Å². The molecule has 0 spiro atoms. The molecule has 3 aromatic rings. The predicted octanol–water partition coefficient (Wildman–Crippen LogP) is 3.68. The maximum Gasteiger partial charge on any atom is 0.291 e. The first-order valence-electron chi connectivity index (χ1n) is 9.47. The number of carbonyl (C=O) groups is 1. The third-order valence-corrected chi connectivity index (χ3v) is 4.70. The number of hydrogen-bond donors (Lipinski definition) is 2. The lowest BCUT2D eigenvalue weighted by molar-refractivity contribution is 0.0995. The van der Waals surface area contributed by atoms with E-state index in [2.05, 4.69) is 5.32 Å². The van der Waals surface area contributed by atoms with Crippen LogP contribution in [0, 0.1) is 0 Å². The van der Waals surface area contributed by atoms with Gasteiger partial charge in [0, 0.05) is 36.4 Å². The summed E-state index contributed by atoms with van der Waals surface area (Å²) in [4.78, 5) is 12.6. The van der Waals surface area contributed by atoms with Crippen LogP contribution < -0.4 is 19.5 Å². The fourth-order valence-corrected chi connectivity index (χ4v) is 3.19. The summed E-state index contributed by atoms with van der Waals surface area (Å²) >= 11 is 0. The second-order valence-corrected chi connectivity index (χ2v) is 6.54. The second kappa shape index (κ2) is 9.84. The average molecular weight is 411 g/mol. The average Bonchev–Trinajstić information content (AvgIpc) is 3.24. The summed E-state index contributed by atoms with van der Waals surface area (Å²) in [7, 11) is 4.72. The molecule has 7 heteroatoms. The molecule has 0 saturated heterocycles. The molecular weight excluding hydrogens is 386 g/mol. The number of carbonyl (C=O) groups excluding carboxylic acids is 1. The number of hydrogen-bond acceptors (Lipinski definition) is 6. The van der Waals surface area contributed by atoms with Crippen LogP contribution in [0.3, 0.4) is 0 Å². The Balaban J connectivity index is 1.80. The molecule has 0 atom stereocenters. The zero-order chi connectivity index (χ0) is 21.5. The van der Waals surface area contributed by atoms with Gasteiger partial charge in [0.25, 0.3) is 5.91 Å². The van der Waals surface area contributed by atoms with E-state index in [4.69, 9.17) is 18.6 Å². The third-order valence-electron chi connectivity index (χ3n) is 4.70. The monoisotopic (exact) mass is 411 g/mol. The number of amides is 1. The fourth-order valence-electron chi connectivity index (χ4n) is 3.19. The Morgan fingerprint density at radius 2 is 1.70 bits per heavy atom. The first-order chi connectivity index (χ1) is 14.6. The SMILES string of the molecule is COc1cc(OC)c(Cc2ccc(C(=O)Nc3ccccc3CCO)o2)c(OC)c1. The Bertz CT molecular complexity index is 985. The van der Waals surface area contributed by atoms with Crippen molar-refractivity contribution in [3.8, 4) is 17.2 Å². The van der Waals surface area contributed by atoms with Crippen molar-refractivity contribution in [2.24, 2.45) is 0 Å². The molecule has 0 aliphatic rings. The summed E-state index contributed by atoms with van der Waals surface area (Å²) in [6.07, 6.45) is 0.835. The van der Waals surface area contributed by atoms with Gasteiger partial charge in [0.2, 0.25) is 0 Å². The van der Waals surface area contributed by atoms with Gasteiger partial charge in [0.05, 0.1) is 21.3 Å². The molecule has 0 aliphatic heterocycles. The minimum Gasteiger partial charge on any atom is -0.496 e. The minimum absolute atomic E-state index is 0.00328. The highest BCUT2D eigenvalue weighted by Crippen LogP contribution is 2.36. The second-order valence-electron chi connectivity index (χ2n) is 6.54. The highest BCUT2D eigenvalue weighted by atomic mass is 16.5. The largest absolute Gasteiger partial charge is 0.496 e. The molecule has 0 bridgehead atoms. The molecule has 0 aliphatic carbocycles. The van der Waals surface area contributed by atoms with Crippen molar-refractivity contribution in [3.05, 3.63) is 71.2 Å². The van der Waals surface area contributed by atoms with E-state index in [9.17, 15) is 9.90 Å². The van der Waals surface area contributed by atoms with Crippen LogP contribution in [0.5, 0.6) is 17.2 Å². The molecular formula is C23H25NO6. The minimum atomic E-state index is -0.361. The van der Waals surface area contributed by atoms with Crippen LogP contribution in [-0.4, -0.2) is 38.9 Å². The maximum absolute atomic E-state index is 12.6. The van der Waals surface area contributed by atoms with Gasteiger partial charge in [-0.05, 0) is 30.2 Å². The van der Waals surface area contributed by atoms with E-state index in [1.165, 1.54) is 0 Å². The number of aliphatic hydroxyl groups excluding tert-OH is 1. The van der Waals surface area contributed by atoms with Crippen molar-refractivity contribution in [3.63, 3.8) is 0 Å². The quantitative estimate of drug-likeness (QED) is 0.558. The zero-order valence-corrected chi connectivity index (χ0v) is 17.2. The van der Waals surface area contributed by atoms with Crippen LogP contribution in [0.2, 0.25) is 0 Å². The number of anilines is 1. The van der Waals surface area contributed by atoms with Crippen molar-refractivity contribution in [2.45, 2.75) is 12.8 Å². The zero-order valence-electron chi connectivity index (χ0n) is 17.2. The molecule has 0 unspecified atom stereocenters. The standard InChI is InChI=1S/C23H25NO6/c1-27-17-13-21(28-2)18(22(14-17)29-3)12-16-8-9-20(30-16)23(26)24-19-7-5-4-6-15(19)10-11-25/h4-9,13-14,25H,10-12H2,1-3H3,(H,24,26). The van der Waals surface area contributed by atoms with Crippen LogP contribution in [0.1, 0.15) is 27.4 Å². The predicted molar refractivity (Wildman–Crippen MR) is 113 cm³/mol. The van der Waals surface area contributed by atoms with Gasteiger partial charge in [-0.2, -0.15) is 0 Å². The van der Waals surface area contributed by atoms with E-state index in [1.54, 1.807) is 51.7 Å². The summed E-state index contributed by atoms with van der Waals surface area (Å²) in [6, 6.07) is 14.3. The van der Waals surface area contributed by atoms with Crippen LogP contribution in [0.15, 0.2) is 52.9 Å². The Kier molecular flexibility index (Phi) is 6.98. The molecule has 30 heavy (non-hydrogen) atoms. The van der Waals surface area contributed by atoms with Gasteiger partial charge in [0.1, 0.15) is 23.0 Å². The van der Waals surface area contributed by atoms with Crippen molar-refractivity contribution in [2.75, 3.05) is 33.3 Å². The van der Waals surface area contributed by atoms with Gasteiger partial charge < -0.3 is 29.1 Å². The highest BCUT2D eigenvalue weighted by Gasteiger charge is 2.18. The molecule has 2 aromatic carbocycles. The molecule has 158 valence electrons. The van der Waals surface area contributed by atoms with Crippen LogP contribution in [0.4, 0.5) is 5.69 Å². The molecule has 1 heterocycles. The number of rotatable bonds is 9. The third kappa shape index (κ3) is 4.75. The summed E-state index contributed by atoms with van der Waals surface area (Å²) < 4.78 is 22.0. The molecule has 0 radical (unpaired) electrons. The van der Waals surface area contributed by atoms with Crippen molar-refractivity contribution >= 4 is 11.6 Å². The van der Waals surface area contributed by atoms with Crippen LogP contribution in [0.25, 0.3) is 0 Å². The first kappa shape index (κ1) is 21.3. The summed E-state index contributed by atoms with van der Waals surface area (Å²) in [5.74, 6) is 2.24. The lowest BCUT2D eigenvalue weighted by Crippen LogP contribution is -2.12. The Hall–Kier alpha value is -3.45. The molecule has 3 rings (SSSR count).